The minimum atomic E-state index is -3.92. The van der Waals surface area contributed by atoms with Gasteiger partial charge < -0.3 is 14.8 Å². The van der Waals surface area contributed by atoms with Crippen molar-refractivity contribution in [3.8, 4) is 17.2 Å². The number of hydrogen-bond acceptors (Lipinski definition) is 9. The van der Waals surface area contributed by atoms with Crippen LogP contribution in [0.3, 0.4) is 0 Å². The Bertz CT molecular complexity index is 3200. The number of carbonyl (C=O) groups is 1. The molecule has 3 heterocycles. The lowest BCUT2D eigenvalue weighted by molar-refractivity contribution is -0.123. The molecule has 0 spiro atoms. The van der Waals surface area contributed by atoms with Crippen LogP contribution in [0.1, 0.15) is 53.1 Å². The number of para-hydroxylation sites is 1. The number of ether oxygens (including phenoxy) is 2. The maximum absolute atomic E-state index is 15.5. The van der Waals surface area contributed by atoms with Gasteiger partial charge >= 0.3 is 0 Å². The number of fused-ring (bicyclic) bond motifs is 5. The average molecular weight is 941 g/mol. The fraction of sp³-hybridized carbons (Fsp3) is 0.279. The summed E-state index contributed by atoms with van der Waals surface area (Å²) in [5.74, 6) is -8.26. The largest absolute Gasteiger partial charge is 0.490 e. The molecule has 1 fully saturated rings. The molecule has 2 N–H and O–H groups in total. The molecule has 338 valence electrons. The van der Waals surface area contributed by atoms with Crippen molar-refractivity contribution in [3.05, 3.63) is 134 Å². The van der Waals surface area contributed by atoms with Crippen LogP contribution in [0.15, 0.2) is 83.7 Å². The van der Waals surface area contributed by atoms with Crippen molar-refractivity contribution in [2.24, 2.45) is 13.0 Å². The Morgan fingerprint density at radius 2 is 1.68 bits per heavy atom. The monoisotopic (exact) mass is 940 g/mol. The van der Waals surface area contributed by atoms with E-state index in [1.807, 2.05) is 6.07 Å². The van der Waals surface area contributed by atoms with E-state index in [2.05, 4.69) is 20.2 Å². The Kier molecular flexibility index (Phi) is 11.0. The lowest BCUT2D eigenvalue weighted by Gasteiger charge is -2.24. The second-order valence-corrected chi connectivity index (χ2v) is 17.9. The van der Waals surface area contributed by atoms with Gasteiger partial charge in [0.05, 0.1) is 44.8 Å². The second-order valence-electron chi connectivity index (χ2n) is 15.7. The Labute approximate surface area is 369 Å². The fourth-order valence-corrected chi connectivity index (χ4v) is 9.22. The average Bonchev–Trinajstić information content (AvgIpc) is 3.78. The number of carbonyl (C=O) groups excluding carboxylic acids is 1. The van der Waals surface area contributed by atoms with Gasteiger partial charge in [-0.25, -0.2) is 31.0 Å². The van der Waals surface area contributed by atoms with Crippen LogP contribution >= 0.6 is 11.6 Å². The number of benzene rings is 4. The van der Waals surface area contributed by atoms with Gasteiger partial charge in [-0.3, -0.25) is 28.2 Å². The van der Waals surface area contributed by atoms with Crippen LogP contribution in [0.25, 0.3) is 27.5 Å². The van der Waals surface area contributed by atoms with Gasteiger partial charge in [0.15, 0.2) is 5.82 Å². The molecule has 0 saturated heterocycles. The normalized spacial score (nSPS) is 16.7. The quantitative estimate of drug-likeness (QED) is 0.0784. The Morgan fingerprint density at radius 3 is 2.37 bits per heavy atom. The number of sulfonamides is 1. The minimum absolute atomic E-state index is 0.00347. The third-order valence-electron chi connectivity index (χ3n) is 11.1. The summed E-state index contributed by atoms with van der Waals surface area (Å²) < 4.78 is 131. The van der Waals surface area contributed by atoms with Crippen molar-refractivity contribution in [3.63, 3.8) is 0 Å². The van der Waals surface area contributed by atoms with Crippen LogP contribution in [0.4, 0.5) is 32.2 Å². The lowest BCUT2D eigenvalue weighted by Crippen LogP contribution is -2.38. The molecule has 0 aliphatic heterocycles. The van der Waals surface area contributed by atoms with Crippen molar-refractivity contribution in [1.29, 1.82) is 0 Å². The molecule has 65 heavy (non-hydrogen) atoms. The number of aryl methyl sites for hydroxylation is 1. The highest BCUT2D eigenvalue weighted by Gasteiger charge is 2.67. The molecule has 2 aliphatic carbocycles. The van der Waals surface area contributed by atoms with Crippen molar-refractivity contribution in [2.45, 2.75) is 43.7 Å². The predicted octanol–water partition coefficient (Wildman–Crippen LogP) is 7.48. The Morgan fingerprint density at radius 1 is 0.969 bits per heavy atom. The third kappa shape index (κ3) is 8.33. The molecule has 3 aromatic heterocycles. The molecule has 0 unspecified atom stereocenters. The molecule has 14 nitrogen and oxygen atoms in total. The maximum atomic E-state index is 15.5. The number of hydrogen-bond donors (Lipinski definition) is 2. The number of alkyl halides is 4. The molecular formula is C43H35ClF6N8O6S. The zero-order chi connectivity index (χ0) is 46.1. The van der Waals surface area contributed by atoms with Crippen molar-refractivity contribution in [2.75, 3.05) is 24.2 Å². The zero-order valence-electron chi connectivity index (χ0n) is 34.0. The van der Waals surface area contributed by atoms with E-state index in [-0.39, 0.29) is 80.7 Å². The summed E-state index contributed by atoms with van der Waals surface area (Å²) in [5.41, 5.74) is -2.63. The number of aromatic nitrogens is 6. The molecule has 1 amide bonds. The molecule has 22 heteroatoms. The van der Waals surface area contributed by atoms with E-state index in [1.165, 1.54) is 42.1 Å². The minimum Gasteiger partial charge on any atom is -0.490 e. The maximum Gasteiger partial charge on any atom is 0.293 e. The summed E-state index contributed by atoms with van der Waals surface area (Å²) in [7, 11) is -2.47. The van der Waals surface area contributed by atoms with E-state index >= 15 is 8.78 Å². The van der Waals surface area contributed by atoms with Crippen LogP contribution in [-0.2, 0) is 40.8 Å². The highest BCUT2D eigenvalue weighted by Crippen LogP contribution is 2.68. The van der Waals surface area contributed by atoms with Gasteiger partial charge in [-0.05, 0) is 66.4 Å². The summed E-state index contributed by atoms with van der Waals surface area (Å²) in [6.07, 6.45) is -2.80. The van der Waals surface area contributed by atoms with Gasteiger partial charge in [-0.15, -0.1) is 0 Å². The second kappa shape index (κ2) is 16.4. The van der Waals surface area contributed by atoms with E-state index < -0.39 is 87.7 Å². The first kappa shape index (κ1) is 43.6. The Balaban J connectivity index is 1.19. The molecule has 1 saturated carbocycles. The van der Waals surface area contributed by atoms with E-state index in [0.29, 0.717) is 16.5 Å². The van der Waals surface area contributed by atoms with Gasteiger partial charge in [0, 0.05) is 37.1 Å². The summed E-state index contributed by atoms with van der Waals surface area (Å²) >= 11 is 6.63. The zero-order valence-corrected chi connectivity index (χ0v) is 35.6. The number of halogens is 7. The van der Waals surface area contributed by atoms with E-state index in [9.17, 15) is 35.6 Å². The molecule has 2 aliphatic rings. The van der Waals surface area contributed by atoms with E-state index in [0.717, 1.165) is 23.0 Å². The van der Waals surface area contributed by atoms with Gasteiger partial charge in [-0.2, -0.15) is 19.0 Å². The van der Waals surface area contributed by atoms with Crippen LogP contribution < -0.4 is 25.1 Å². The van der Waals surface area contributed by atoms with E-state index in [4.69, 9.17) is 26.1 Å². The molecule has 4 aromatic carbocycles. The predicted molar refractivity (Wildman–Crippen MR) is 225 cm³/mol. The standard InChI is InChI=1S/C43H35ClF6N8O6S/c1-56-37-32(11-10-29(44)35(37)40(54-56)55-65(2,61)62)58-41(52-30-18-25(8-9-26(30)42(58)60)64-13-12-63-24-6-4-3-5-7-24)31(16-21-14-22(45)17-23(46)15-21)51-33(59)20-57-38-34(36(53-57)39(47)48)27-19-28(27)43(38,49)50/h3-11,14-15,17-18,27-28,31,39H,12-13,16,19-20H2,1-2H3,(H,51,59)(H,54,55)/t27-,28+,31-/m0/s1. The van der Waals surface area contributed by atoms with Gasteiger partial charge in [-0.1, -0.05) is 29.8 Å². The molecule has 7 aromatic rings. The molecular weight excluding hydrogens is 906 g/mol. The summed E-state index contributed by atoms with van der Waals surface area (Å²) in [6, 6.07) is 17.2. The van der Waals surface area contributed by atoms with Crippen LogP contribution in [0.5, 0.6) is 11.5 Å². The highest BCUT2D eigenvalue weighted by molar-refractivity contribution is 7.92. The lowest BCUT2D eigenvalue weighted by atomic mass is 10.0. The first-order valence-corrected chi connectivity index (χ1v) is 22.2. The first-order valence-electron chi connectivity index (χ1n) is 19.9. The van der Waals surface area contributed by atoms with Gasteiger partial charge in [0.1, 0.15) is 60.1 Å². The van der Waals surface area contributed by atoms with Crippen LogP contribution in [0, 0.1) is 17.6 Å². The van der Waals surface area contributed by atoms with Crippen molar-refractivity contribution < 1.29 is 49.0 Å². The smallest absolute Gasteiger partial charge is 0.293 e. The number of amides is 1. The molecule has 3 atom stereocenters. The summed E-state index contributed by atoms with van der Waals surface area (Å²) in [5, 5.41) is 10.8. The number of rotatable bonds is 15. The topological polar surface area (TPSA) is 164 Å². The summed E-state index contributed by atoms with van der Waals surface area (Å²) in [4.78, 5) is 34.0. The third-order valence-corrected chi connectivity index (χ3v) is 12.0. The molecule has 0 radical (unpaired) electrons. The van der Waals surface area contributed by atoms with Crippen LogP contribution in [0.2, 0.25) is 5.02 Å². The molecule has 9 rings (SSSR count). The van der Waals surface area contributed by atoms with Gasteiger partial charge in [0.25, 0.3) is 17.9 Å². The van der Waals surface area contributed by atoms with Crippen molar-refractivity contribution in [1.82, 2.24) is 34.4 Å². The number of anilines is 1. The first-order chi connectivity index (χ1) is 30.9. The number of nitrogens with zero attached hydrogens (tertiary/aromatic N) is 6. The summed E-state index contributed by atoms with van der Waals surface area (Å²) in [6.45, 7) is -0.794. The number of nitrogens with one attached hydrogen (secondary N) is 2. The van der Waals surface area contributed by atoms with Crippen LogP contribution in [-0.4, -0.2) is 62.9 Å². The molecule has 0 bridgehead atoms. The highest BCUT2D eigenvalue weighted by atomic mass is 35.5. The van der Waals surface area contributed by atoms with E-state index in [1.54, 1.807) is 24.3 Å². The van der Waals surface area contributed by atoms with Crippen molar-refractivity contribution >= 4 is 55.2 Å². The Hall–Kier alpha value is -6.61. The fourth-order valence-electron chi connectivity index (χ4n) is 8.49. The van der Waals surface area contributed by atoms with Gasteiger partial charge in [0.2, 0.25) is 15.9 Å². The SMILES string of the molecule is Cn1nc(NS(C)(=O)=O)c2c(Cl)ccc(-n3c([C@H](Cc4cc(F)cc(F)c4)NC(=O)Cn4nc(C(F)F)c5c4C(F)(F)[C@@H]4C[C@H]54)nc4cc(OCCOc5ccccc5)ccc4c3=O)c21.